The zero-order valence-corrected chi connectivity index (χ0v) is 10.6. The Hall–Kier alpha value is -0.960. The standard InChI is InChI=1S/C14H21F2N/c1-3-5-14(17-2)7-4-6-11-8-12(15)10-13(16)9-11/h8-10,14,17H,3-7H2,1-2H3. The van der Waals surface area contributed by atoms with Crippen LogP contribution in [0.3, 0.4) is 0 Å². The van der Waals surface area contributed by atoms with E-state index in [0.29, 0.717) is 6.04 Å². The fourth-order valence-corrected chi connectivity index (χ4v) is 2.09. The highest BCUT2D eigenvalue weighted by Crippen LogP contribution is 2.12. The van der Waals surface area contributed by atoms with E-state index in [1.807, 2.05) is 7.05 Å². The van der Waals surface area contributed by atoms with E-state index < -0.39 is 11.6 Å². The second-order valence-corrected chi connectivity index (χ2v) is 4.44. The lowest BCUT2D eigenvalue weighted by atomic mass is 10.0. The van der Waals surface area contributed by atoms with E-state index in [1.54, 1.807) is 0 Å². The second-order valence-electron chi connectivity index (χ2n) is 4.44. The number of hydrogen-bond donors (Lipinski definition) is 1. The van der Waals surface area contributed by atoms with Gasteiger partial charge in [0.05, 0.1) is 0 Å². The summed E-state index contributed by atoms with van der Waals surface area (Å²) < 4.78 is 25.9. The first-order valence-electron chi connectivity index (χ1n) is 6.28. The lowest BCUT2D eigenvalue weighted by Crippen LogP contribution is -2.24. The summed E-state index contributed by atoms with van der Waals surface area (Å²) in [5.74, 6) is -0.975. The van der Waals surface area contributed by atoms with Crippen molar-refractivity contribution in [3.8, 4) is 0 Å². The van der Waals surface area contributed by atoms with E-state index >= 15 is 0 Å². The molecule has 1 nitrogen and oxygen atoms in total. The summed E-state index contributed by atoms with van der Waals surface area (Å²) in [4.78, 5) is 0. The van der Waals surface area contributed by atoms with Crippen molar-refractivity contribution in [1.82, 2.24) is 5.32 Å². The molecule has 1 atom stereocenters. The van der Waals surface area contributed by atoms with Gasteiger partial charge in [0.2, 0.25) is 0 Å². The molecule has 0 saturated carbocycles. The molecule has 96 valence electrons. The molecule has 0 heterocycles. The molecule has 0 aromatic heterocycles. The minimum Gasteiger partial charge on any atom is -0.317 e. The molecule has 0 saturated heterocycles. The summed E-state index contributed by atoms with van der Waals surface area (Å²) in [5.41, 5.74) is 0.744. The molecule has 0 spiro atoms. The maximum atomic E-state index is 12.9. The molecule has 0 aliphatic heterocycles. The van der Waals surface area contributed by atoms with Crippen LogP contribution in [0.4, 0.5) is 8.78 Å². The van der Waals surface area contributed by atoms with E-state index in [1.165, 1.54) is 12.1 Å². The van der Waals surface area contributed by atoms with E-state index in [4.69, 9.17) is 0 Å². The molecule has 1 aromatic rings. The number of hydrogen-bond acceptors (Lipinski definition) is 1. The predicted octanol–water partition coefficient (Wildman–Crippen LogP) is 3.68. The molecule has 0 amide bonds. The van der Waals surface area contributed by atoms with Gasteiger partial charge in [-0.25, -0.2) is 8.78 Å². The number of aryl methyl sites for hydroxylation is 1. The fourth-order valence-electron chi connectivity index (χ4n) is 2.09. The summed E-state index contributed by atoms with van der Waals surface area (Å²) >= 11 is 0. The van der Waals surface area contributed by atoms with Gasteiger partial charge in [-0.15, -0.1) is 0 Å². The van der Waals surface area contributed by atoms with Gasteiger partial charge in [-0.3, -0.25) is 0 Å². The van der Waals surface area contributed by atoms with Gasteiger partial charge in [-0.1, -0.05) is 13.3 Å². The number of nitrogens with one attached hydrogen (secondary N) is 1. The van der Waals surface area contributed by atoms with Crippen LogP contribution in [0.15, 0.2) is 18.2 Å². The Bertz CT molecular complexity index is 319. The number of halogens is 2. The summed E-state index contributed by atoms with van der Waals surface area (Å²) in [5, 5.41) is 3.26. The van der Waals surface area contributed by atoms with Crippen LogP contribution < -0.4 is 5.32 Å². The summed E-state index contributed by atoms with van der Waals surface area (Å²) in [7, 11) is 1.96. The summed E-state index contributed by atoms with van der Waals surface area (Å²) in [6, 6.07) is 4.25. The molecule has 0 aliphatic rings. The van der Waals surface area contributed by atoms with Crippen LogP contribution in [-0.4, -0.2) is 13.1 Å². The highest BCUT2D eigenvalue weighted by Gasteiger charge is 2.05. The highest BCUT2D eigenvalue weighted by atomic mass is 19.1. The Morgan fingerprint density at radius 1 is 1.12 bits per heavy atom. The quantitative estimate of drug-likeness (QED) is 0.768. The predicted molar refractivity (Wildman–Crippen MR) is 67.1 cm³/mol. The molecule has 17 heavy (non-hydrogen) atoms. The highest BCUT2D eigenvalue weighted by molar-refractivity contribution is 5.17. The zero-order valence-electron chi connectivity index (χ0n) is 10.6. The van der Waals surface area contributed by atoms with Crippen molar-refractivity contribution >= 4 is 0 Å². The third-order valence-electron chi connectivity index (χ3n) is 2.99. The maximum Gasteiger partial charge on any atom is 0.126 e. The van der Waals surface area contributed by atoms with Crippen molar-refractivity contribution in [1.29, 1.82) is 0 Å². The first kappa shape index (κ1) is 14.1. The SMILES string of the molecule is CCCC(CCCc1cc(F)cc(F)c1)NC. The normalized spacial score (nSPS) is 12.7. The smallest absolute Gasteiger partial charge is 0.126 e. The largest absolute Gasteiger partial charge is 0.317 e. The Morgan fingerprint density at radius 2 is 1.76 bits per heavy atom. The molecule has 3 heteroatoms. The van der Waals surface area contributed by atoms with E-state index in [2.05, 4.69) is 12.2 Å². The van der Waals surface area contributed by atoms with Crippen molar-refractivity contribution in [2.75, 3.05) is 7.05 Å². The first-order chi connectivity index (χ1) is 8.15. The van der Waals surface area contributed by atoms with Crippen LogP contribution in [0, 0.1) is 11.6 Å². The van der Waals surface area contributed by atoms with Crippen molar-refractivity contribution in [3.63, 3.8) is 0 Å². The van der Waals surface area contributed by atoms with Gasteiger partial charge >= 0.3 is 0 Å². The molecule has 1 rings (SSSR count). The van der Waals surface area contributed by atoms with Crippen LogP contribution in [0.25, 0.3) is 0 Å². The molecule has 0 fully saturated rings. The maximum absolute atomic E-state index is 12.9. The lowest BCUT2D eigenvalue weighted by Gasteiger charge is -2.14. The van der Waals surface area contributed by atoms with Crippen LogP contribution in [0.2, 0.25) is 0 Å². The van der Waals surface area contributed by atoms with Gasteiger partial charge in [-0.05, 0) is 50.4 Å². The monoisotopic (exact) mass is 241 g/mol. The Kier molecular flexibility index (Phi) is 6.12. The average molecular weight is 241 g/mol. The summed E-state index contributed by atoms with van der Waals surface area (Å²) in [6.07, 6.45) is 5.03. The Morgan fingerprint density at radius 3 is 2.29 bits per heavy atom. The topological polar surface area (TPSA) is 12.0 Å². The van der Waals surface area contributed by atoms with Gasteiger partial charge in [-0.2, -0.15) is 0 Å². The lowest BCUT2D eigenvalue weighted by molar-refractivity contribution is 0.469. The van der Waals surface area contributed by atoms with E-state index in [9.17, 15) is 8.78 Å². The van der Waals surface area contributed by atoms with Crippen LogP contribution >= 0.6 is 0 Å². The van der Waals surface area contributed by atoms with Crippen LogP contribution in [0.1, 0.15) is 38.2 Å². The zero-order chi connectivity index (χ0) is 12.7. The minimum atomic E-state index is -0.487. The molecular formula is C14H21F2N. The molecule has 1 N–H and O–H groups in total. The first-order valence-corrected chi connectivity index (χ1v) is 6.28. The van der Waals surface area contributed by atoms with Crippen molar-refractivity contribution in [3.05, 3.63) is 35.4 Å². The third kappa shape index (κ3) is 5.26. The molecule has 0 bridgehead atoms. The molecule has 0 radical (unpaired) electrons. The van der Waals surface area contributed by atoms with Gasteiger partial charge < -0.3 is 5.32 Å². The third-order valence-corrected chi connectivity index (χ3v) is 2.99. The van der Waals surface area contributed by atoms with Crippen molar-refractivity contribution in [2.24, 2.45) is 0 Å². The number of rotatable bonds is 7. The van der Waals surface area contributed by atoms with Gasteiger partial charge in [0, 0.05) is 12.1 Å². The van der Waals surface area contributed by atoms with Gasteiger partial charge in [0.15, 0.2) is 0 Å². The van der Waals surface area contributed by atoms with E-state index in [-0.39, 0.29) is 0 Å². The summed E-state index contributed by atoms with van der Waals surface area (Å²) in [6.45, 7) is 2.16. The van der Waals surface area contributed by atoms with Gasteiger partial charge in [0.1, 0.15) is 11.6 Å². The minimum absolute atomic E-state index is 0.487. The van der Waals surface area contributed by atoms with Crippen molar-refractivity contribution < 1.29 is 8.78 Å². The fraction of sp³-hybridized carbons (Fsp3) is 0.571. The van der Waals surface area contributed by atoms with Crippen LogP contribution in [-0.2, 0) is 6.42 Å². The van der Waals surface area contributed by atoms with Crippen LogP contribution in [0.5, 0.6) is 0 Å². The molecular weight excluding hydrogens is 220 g/mol. The van der Waals surface area contributed by atoms with E-state index in [0.717, 1.165) is 43.7 Å². The molecule has 1 unspecified atom stereocenters. The molecule has 0 aliphatic carbocycles. The Labute approximate surface area is 102 Å². The number of benzene rings is 1. The van der Waals surface area contributed by atoms with Crippen molar-refractivity contribution in [2.45, 2.75) is 45.1 Å². The second kappa shape index (κ2) is 7.38. The van der Waals surface area contributed by atoms with Gasteiger partial charge in [0.25, 0.3) is 0 Å². The molecule has 1 aromatic carbocycles. The Balaban J connectivity index is 2.39. The average Bonchev–Trinajstić information content (AvgIpc) is 2.26.